The summed E-state index contributed by atoms with van der Waals surface area (Å²) in [5, 5.41) is 3.47. The Morgan fingerprint density at radius 3 is 2.79 bits per heavy atom. The molecule has 19 heavy (non-hydrogen) atoms. The Kier molecular flexibility index (Phi) is 3.01. The average Bonchev–Trinajstić information content (AvgIpc) is 2.77. The van der Waals surface area contributed by atoms with Crippen molar-refractivity contribution in [2.45, 2.75) is 12.5 Å². The van der Waals surface area contributed by atoms with Crippen molar-refractivity contribution >= 4 is 23.2 Å². The van der Waals surface area contributed by atoms with Gasteiger partial charge in [-0.15, -0.1) is 0 Å². The van der Waals surface area contributed by atoms with Gasteiger partial charge in [0.25, 0.3) is 0 Å². The van der Waals surface area contributed by atoms with Crippen molar-refractivity contribution in [3.8, 4) is 0 Å². The maximum atomic E-state index is 11.3. The van der Waals surface area contributed by atoms with E-state index in [0.29, 0.717) is 11.4 Å². The number of nitrogens with two attached hydrogens (primary N) is 1. The van der Waals surface area contributed by atoms with E-state index in [1.54, 1.807) is 0 Å². The van der Waals surface area contributed by atoms with Crippen molar-refractivity contribution in [3.05, 3.63) is 64.2 Å². The van der Waals surface area contributed by atoms with E-state index in [1.165, 1.54) is 0 Å². The van der Waals surface area contributed by atoms with Crippen LogP contribution in [0.2, 0.25) is 5.02 Å². The number of benzene rings is 2. The second-order valence-corrected chi connectivity index (χ2v) is 5.05. The van der Waals surface area contributed by atoms with E-state index in [1.807, 2.05) is 42.5 Å². The third kappa shape index (κ3) is 2.23. The molecule has 1 unspecified atom stereocenters. The Morgan fingerprint density at radius 1 is 1.21 bits per heavy atom. The van der Waals surface area contributed by atoms with Gasteiger partial charge >= 0.3 is 0 Å². The summed E-state index contributed by atoms with van der Waals surface area (Å²) in [6.45, 7) is 0. The first-order valence-corrected chi connectivity index (χ1v) is 6.45. The predicted octanol–water partition coefficient (Wildman–Crippen LogP) is 2.88. The minimum atomic E-state index is -0.283. The van der Waals surface area contributed by atoms with Gasteiger partial charge in [0.05, 0.1) is 12.5 Å². The first-order valence-electron chi connectivity index (χ1n) is 6.08. The molecular formula is C15H13ClN2O. The van der Waals surface area contributed by atoms with Gasteiger partial charge in [-0.2, -0.15) is 0 Å². The van der Waals surface area contributed by atoms with E-state index in [-0.39, 0.29) is 11.9 Å². The lowest BCUT2D eigenvalue weighted by atomic mass is 9.97. The maximum absolute atomic E-state index is 11.3. The summed E-state index contributed by atoms with van der Waals surface area (Å²) in [5.41, 5.74) is 9.97. The van der Waals surface area contributed by atoms with Crippen LogP contribution >= 0.6 is 11.6 Å². The lowest BCUT2D eigenvalue weighted by Crippen LogP contribution is -2.12. The van der Waals surface area contributed by atoms with Crippen LogP contribution in [0.15, 0.2) is 42.5 Å². The van der Waals surface area contributed by atoms with Crippen LogP contribution in [-0.4, -0.2) is 5.91 Å². The van der Waals surface area contributed by atoms with E-state index in [9.17, 15) is 4.79 Å². The molecule has 0 aliphatic carbocycles. The molecule has 1 aliphatic heterocycles. The van der Waals surface area contributed by atoms with Crippen molar-refractivity contribution in [3.63, 3.8) is 0 Å². The Bertz CT molecular complexity index is 654. The van der Waals surface area contributed by atoms with Gasteiger partial charge in [-0.1, -0.05) is 41.9 Å². The molecule has 2 aromatic rings. The molecule has 96 valence electrons. The maximum Gasteiger partial charge on any atom is 0.228 e. The number of nitrogens with one attached hydrogen (secondary N) is 1. The number of carbonyl (C=O) groups is 1. The minimum Gasteiger partial charge on any atom is -0.326 e. The van der Waals surface area contributed by atoms with Crippen LogP contribution in [0.4, 0.5) is 5.69 Å². The van der Waals surface area contributed by atoms with Gasteiger partial charge in [-0.05, 0) is 28.8 Å². The molecule has 3 rings (SSSR count). The third-order valence-electron chi connectivity index (χ3n) is 3.35. The molecule has 0 fully saturated rings. The first kappa shape index (κ1) is 12.2. The van der Waals surface area contributed by atoms with Crippen LogP contribution in [0.5, 0.6) is 0 Å². The smallest absolute Gasteiger partial charge is 0.228 e. The quantitative estimate of drug-likeness (QED) is 0.883. The summed E-state index contributed by atoms with van der Waals surface area (Å²) in [5.74, 6) is 0.0264. The molecular weight excluding hydrogens is 260 g/mol. The molecule has 0 saturated carbocycles. The molecule has 1 aliphatic rings. The second-order valence-electron chi connectivity index (χ2n) is 4.64. The lowest BCUT2D eigenvalue weighted by Gasteiger charge is -2.15. The number of hydrogen-bond acceptors (Lipinski definition) is 2. The van der Waals surface area contributed by atoms with Crippen LogP contribution in [-0.2, 0) is 11.2 Å². The molecule has 0 bridgehead atoms. The van der Waals surface area contributed by atoms with Crippen molar-refractivity contribution in [2.24, 2.45) is 5.73 Å². The molecule has 1 amide bonds. The minimum absolute atomic E-state index is 0.0264. The Labute approximate surface area is 116 Å². The van der Waals surface area contributed by atoms with Gasteiger partial charge in [0.2, 0.25) is 5.91 Å². The zero-order valence-corrected chi connectivity index (χ0v) is 10.9. The zero-order chi connectivity index (χ0) is 13.4. The molecule has 2 aromatic carbocycles. The van der Waals surface area contributed by atoms with Crippen molar-refractivity contribution in [2.75, 3.05) is 5.32 Å². The van der Waals surface area contributed by atoms with Crippen molar-refractivity contribution < 1.29 is 4.79 Å². The van der Waals surface area contributed by atoms with Gasteiger partial charge < -0.3 is 11.1 Å². The fourth-order valence-electron chi connectivity index (χ4n) is 2.35. The van der Waals surface area contributed by atoms with Gasteiger partial charge in [0, 0.05) is 10.7 Å². The van der Waals surface area contributed by atoms with Crippen LogP contribution in [0.1, 0.15) is 22.7 Å². The van der Waals surface area contributed by atoms with Gasteiger partial charge in [-0.3, -0.25) is 4.79 Å². The summed E-state index contributed by atoms with van der Waals surface area (Å²) in [6, 6.07) is 13.1. The SMILES string of the molecule is NC(c1ccc2c(c1)CC(=O)N2)c1ccccc1Cl. The molecule has 0 spiro atoms. The zero-order valence-electron chi connectivity index (χ0n) is 10.2. The molecule has 3 N–H and O–H groups in total. The fraction of sp³-hybridized carbons (Fsp3) is 0.133. The summed E-state index contributed by atoms with van der Waals surface area (Å²) in [7, 11) is 0. The highest BCUT2D eigenvalue weighted by molar-refractivity contribution is 6.31. The number of halogens is 1. The number of anilines is 1. The average molecular weight is 273 g/mol. The summed E-state index contributed by atoms with van der Waals surface area (Å²) in [4.78, 5) is 11.3. The standard InChI is InChI=1S/C15H13ClN2O/c16-12-4-2-1-3-11(12)15(17)9-5-6-13-10(7-9)8-14(19)18-13/h1-7,15H,8,17H2,(H,18,19). The van der Waals surface area contributed by atoms with E-state index in [2.05, 4.69) is 5.32 Å². The van der Waals surface area contributed by atoms with E-state index < -0.39 is 0 Å². The monoisotopic (exact) mass is 272 g/mol. The highest BCUT2D eigenvalue weighted by atomic mass is 35.5. The highest BCUT2D eigenvalue weighted by Gasteiger charge is 2.20. The third-order valence-corrected chi connectivity index (χ3v) is 3.70. The number of hydrogen-bond donors (Lipinski definition) is 2. The van der Waals surface area contributed by atoms with E-state index in [0.717, 1.165) is 22.4 Å². The Morgan fingerprint density at radius 2 is 2.00 bits per heavy atom. The van der Waals surface area contributed by atoms with Crippen LogP contribution in [0.3, 0.4) is 0 Å². The predicted molar refractivity (Wildman–Crippen MR) is 76.3 cm³/mol. The normalized spacial score (nSPS) is 14.9. The summed E-state index contributed by atoms with van der Waals surface area (Å²) in [6.07, 6.45) is 0.415. The number of rotatable bonds is 2. The molecule has 3 nitrogen and oxygen atoms in total. The molecule has 0 radical (unpaired) electrons. The molecule has 4 heteroatoms. The van der Waals surface area contributed by atoms with Crippen LogP contribution < -0.4 is 11.1 Å². The molecule has 0 aromatic heterocycles. The Balaban J connectivity index is 1.97. The fourth-order valence-corrected chi connectivity index (χ4v) is 2.60. The number of fused-ring (bicyclic) bond motifs is 1. The van der Waals surface area contributed by atoms with Crippen LogP contribution in [0, 0.1) is 0 Å². The van der Waals surface area contributed by atoms with Gasteiger partial charge in [0.1, 0.15) is 0 Å². The first-order chi connectivity index (χ1) is 9.15. The molecule has 1 heterocycles. The Hall–Kier alpha value is -1.84. The summed E-state index contributed by atoms with van der Waals surface area (Å²) < 4.78 is 0. The molecule has 0 saturated heterocycles. The number of amides is 1. The van der Waals surface area contributed by atoms with Gasteiger partial charge in [-0.25, -0.2) is 0 Å². The van der Waals surface area contributed by atoms with E-state index >= 15 is 0 Å². The van der Waals surface area contributed by atoms with E-state index in [4.69, 9.17) is 17.3 Å². The molecule has 1 atom stereocenters. The topological polar surface area (TPSA) is 55.1 Å². The summed E-state index contributed by atoms with van der Waals surface area (Å²) >= 11 is 6.16. The van der Waals surface area contributed by atoms with Crippen molar-refractivity contribution in [1.29, 1.82) is 0 Å². The largest absolute Gasteiger partial charge is 0.326 e. The lowest BCUT2D eigenvalue weighted by molar-refractivity contribution is -0.115. The second kappa shape index (κ2) is 4.68. The number of carbonyl (C=O) groups excluding carboxylic acids is 1. The van der Waals surface area contributed by atoms with Gasteiger partial charge in [0.15, 0.2) is 0 Å². The van der Waals surface area contributed by atoms with Crippen LogP contribution in [0.25, 0.3) is 0 Å². The van der Waals surface area contributed by atoms with Crippen molar-refractivity contribution in [1.82, 2.24) is 0 Å². The highest BCUT2D eigenvalue weighted by Crippen LogP contribution is 2.30.